The molecule has 1 aromatic heterocycles. The second-order valence-corrected chi connectivity index (χ2v) is 7.62. The molecule has 0 atom stereocenters. The first-order chi connectivity index (χ1) is 13.0. The quantitative estimate of drug-likeness (QED) is 0.798. The Morgan fingerprint density at radius 2 is 1.89 bits per heavy atom. The number of rotatable bonds is 5. The van der Waals surface area contributed by atoms with Gasteiger partial charge in [-0.05, 0) is 38.0 Å². The van der Waals surface area contributed by atoms with E-state index in [0.29, 0.717) is 16.6 Å². The van der Waals surface area contributed by atoms with Crippen molar-refractivity contribution in [3.05, 3.63) is 30.1 Å². The van der Waals surface area contributed by atoms with Crippen LogP contribution in [0.4, 0.5) is 5.69 Å². The summed E-state index contributed by atoms with van der Waals surface area (Å²) in [5.41, 5.74) is 1.57. The molecule has 0 saturated carbocycles. The third kappa shape index (κ3) is 5.09. The van der Waals surface area contributed by atoms with E-state index in [2.05, 4.69) is 15.5 Å². The number of thioether (sulfide) groups is 1. The number of amides is 2. The number of aryl methyl sites for hydroxylation is 1. The van der Waals surface area contributed by atoms with Crippen molar-refractivity contribution in [2.24, 2.45) is 0 Å². The molecule has 1 aliphatic rings. The van der Waals surface area contributed by atoms with Gasteiger partial charge in [0.15, 0.2) is 5.16 Å². The zero-order valence-corrected chi connectivity index (χ0v) is 16.6. The Bertz CT molecular complexity index is 812. The summed E-state index contributed by atoms with van der Waals surface area (Å²) in [6.07, 6.45) is 4.58. The van der Waals surface area contributed by atoms with E-state index in [9.17, 15) is 9.59 Å². The summed E-state index contributed by atoms with van der Waals surface area (Å²) in [5.74, 6) is 1.12. The SMILES string of the molecule is CC(=O)Nc1cccc(-n2c(C)nnc2SCC(=O)N2CCCCCC2)c1. The zero-order chi connectivity index (χ0) is 19.2. The molecule has 27 heavy (non-hydrogen) atoms. The molecule has 2 amide bonds. The predicted molar refractivity (Wildman–Crippen MR) is 106 cm³/mol. The highest BCUT2D eigenvalue weighted by Crippen LogP contribution is 2.24. The van der Waals surface area contributed by atoms with Crippen LogP contribution in [0.2, 0.25) is 0 Å². The lowest BCUT2D eigenvalue weighted by Gasteiger charge is -2.20. The van der Waals surface area contributed by atoms with Crippen molar-refractivity contribution in [2.75, 3.05) is 24.2 Å². The Labute approximate surface area is 163 Å². The molecular formula is C19H25N5O2S. The van der Waals surface area contributed by atoms with Gasteiger partial charge in [-0.25, -0.2) is 0 Å². The standard InChI is InChI=1S/C19H25N5O2S/c1-14-21-22-19(27-13-18(26)23-10-5-3-4-6-11-23)24(14)17-9-7-8-16(12-17)20-15(2)25/h7-9,12H,3-6,10-11,13H2,1-2H3,(H,20,25). The molecule has 2 aromatic rings. The summed E-state index contributed by atoms with van der Waals surface area (Å²) < 4.78 is 1.91. The minimum atomic E-state index is -0.120. The van der Waals surface area contributed by atoms with Crippen molar-refractivity contribution in [3.8, 4) is 5.69 Å². The highest BCUT2D eigenvalue weighted by atomic mass is 32.2. The summed E-state index contributed by atoms with van der Waals surface area (Å²) in [6, 6.07) is 7.51. The highest BCUT2D eigenvalue weighted by molar-refractivity contribution is 7.99. The molecule has 1 fully saturated rings. The maximum Gasteiger partial charge on any atom is 0.233 e. The van der Waals surface area contributed by atoms with Crippen LogP contribution in [0.25, 0.3) is 5.69 Å². The Hall–Kier alpha value is -2.35. The third-order valence-corrected chi connectivity index (χ3v) is 5.42. The fraction of sp³-hybridized carbons (Fsp3) is 0.474. The number of carbonyl (C=O) groups excluding carboxylic acids is 2. The van der Waals surface area contributed by atoms with E-state index in [0.717, 1.165) is 37.4 Å². The fourth-order valence-electron chi connectivity index (χ4n) is 3.20. The van der Waals surface area contributed by atoms with Gasteiger partial charge in [0.05, 0.1) is 11.4 Å². The van der Waals surface area contributed by atoms with E-state index in [1.807, 2.05) is 40.7 Å². The van der Waals surface area contributed by atoms with Gasteiger partial charge >= 0.3 is 0 Å². The summed E-state index contributed by atoms with van der Waals surface area (Å²) in [7, 11) is 0. The molecule has 2 heterocycles. The third-order valence-electron chi connectivity index (χ3n) is 4.50. The van der Waals surface area contributed by atoms with Crippen molar-refractivity contribution in [1.82, 2.24) is 19.7 Å². The number of nitrogens with zero attached hydrogens (tertiary/aromatic N) is 4. The minimum Gasteiger partial charge on any atom is -0.342 e. The van der Waals surface area contributed by atoms with Crippen LogP contribution >= 0.6 is 11.8 Å². The molecule has 0 bridgehead atoms. The van der Waals surface area contributed by atoms with Crippen molar-refractivity contribution < 1.29 is 9.59 Å². The van der Waals surface area contributed by atoms with Crippen molar-refractivity contribution in [2.45, 2.75) is 44.7 Å². The maximum atomic E-state index is 12.6. The van der Waals surface area contributed by atoms with E-state index < -0.39 is 0 Å². The molecule has 1 saturated heterocycles. The van der Waals surface area contributed by atoms with E-state index >= 15 is 0 Å². The molecule has 1 aromatic carbocycles. The van der Waals surface area contributed by atoms with Crippen LogP contribution < -0.4 is 5.32 Å². The molecule has 8 heteroatoms. The van der Waals surface area contributed by atoms with Gasteiger partial charge in [0, 0.05) is 25.7 Å². The van der Waals surface area contributed by atoms with Crippen LogP contribution in [0, 0.1) is 6.92 Å². The number of hydrogen-bond acceptors (Lipinski definition) is 5. The van der Waals surface area contributed by atoms with Crippen molar-refractivity contribution >= 4 is 29.3 Å². The van der Waals surface area contributed by atoms with Crippen LogP contribution in [0.1, 0.15) is 38.4 Å². The molecule has 0 radical (unpaired) electrons. The largest absolute Gasteiger partial charge is 0.342 e. The Balaban J connectivity index is 1.73. The fourth-order valence-corrected chi connectivity index (χ4v) is 4.10. The first-order valence-corrected chi connectivity index (χ1v) is 10.2. The van der Waals surface area contributed by atoms with Gasteiger partial charge in [0.2, 0.25) is 11.8 Å². The summed E-state index contributed by atoms with van der Waals surface area (Å²) >= 11 is 1.40. The van der Waals surface area contributed by atoms with E-state index in [4.69, 9.17) is 0 Å². The average molecular weight is 388 g/mol. The molecule has 1 N–H and O–H groups in total. The maximum absolute atomic E-state index is 12.6. The average Bonchev–Trinajstić information content (AvgIpc) is 2.83. The number of hydrogen-bond donors (Lipinski definition) is 1. The molecular weight excluding hydrogens is 362 g/mol. The lowest BCUT2D eigenvalue weighted by Crippen LogP contribution is -2.33. The van der Waals surface area contributed by atoms with Gasteiger partial charge in [-0.15, -0.1) is 10.2 Å². The minimum absolute atomic E-state index is 0.120. The number of likely N-dealkylation sites (tertiary alicyclic amines) is 1. The predicted octanol–water partition coefficient (Wildman–Crippen LogP) is 3.03. The van der Waals surface area contributed by atoms with E-state index in [1.165, 1.54) is 31.5 Å². The van der Waals surface area contributed by atoms with Crippen LogP contribution in [-0.4, -0.2) is 50.3 Å². The van der Waals surface area contributed by atoms with Gasteiger partial charge in [-0.1, -0.05) is 30.7 Å². The number of benzene rings is 1. The second kappa shape index (κ2) is 9.03. The van der Waals surface area contributed by atoms with Crippen molar-refractivity contribution in [3.63, 3.8) is 0 Å². The summed E-state index contributed by atoms with van der Waals surface area (Å²) in [5, 5.41) is 11.9. The molecule has 0 aliphatic carbocycles. The second-order valence-electron chi connectivity index (χ2n) is 6.68. The lowest BCUT2D eigenvalue weighted by atomic mass is 10.2. The molecule has 3 rings (SSSR count). The van der Waals surface area contributed by atoms with Gasteiger partial charge < -0.3 is 10.2 Å². The topological polar surface area (TPSA) is 80.1 Å². The van der Waals surface area contributed by atoms with Gasteiger partial charge in [0.1, 0.15) is 5.82 Å². The normalized spacial score (nSPS) is 14.7. The molecule has 0 spiro atoms. The summed E-state index contributed by atoms with van der Waals surface area (Å²) in [6.45, 7) is 5.05. The highest BCUT2D eigenvalue weighted by Gasteiger charge is 2.18. The van der Waals surface area contributed by atoms with Crippen LogP contribution in [0.15, 0.2) is 29.4 Å². The van der Waals surface area contributed by atoms with Crippen LogP contribution in [0.3, 0.4) is 0 Å². The first-order valence-electron chi connectivity index (χ1n) is 9.25. The Morgan fingerprint density at radius 1 is 1.15 bits per heavy atom. The van der Waals surface area contributed by atoms with Gasteiger partial charge in [0.25, 0.3) is 0 Å². The molecule has 0 unspecified atom stereocenters. The number of carbonyl (C=O) groups is 2. The first kappa shape index (κ1) is 19.4. The van der Waals surface area contributed by atoms with E-state index in [-0.39, 0.29) is 11.8 Å². The number of aromatic nitrogens is 3. The van der Waals surface area contributed by atoms with Gasteiger partial charge in [-0.3, -0.25) is 14.2 Å². The van der Waals surface area contributed by atoms with Crippen LogP contribution in [0.5, 0.6) is 0 Å². The smallest absolute Gasteiger partial charge is 0.233 e. The molecule has 7 nitrogen and oxygen atoms in total. The Kier molecular flexibility index (Phi) is 6.49. The summed E-state index contributed by atoms with van der Waals surface area (Å²) in [4.78, 5) is 25.8. The van der Waals surface area contributed by atoms with Crippen LogP contribution in [-0.2, 0) is 9.59 Å². The number of nitrogens with one attached hydrogen (secondary N) is 1. The number of anilines is 1. The molecule has 1 aliphatic heterocycles. The monoisotopic (exact) mass is 387 g/mol. The van der Waals surface area contributed by atoms with E-state index in [1.54, 1.807) is 0 Å². The van der Waals surface area contributed by atoms with Gasteiger partial charge in [-0.2, -0.15) is 0 Å². The Morgan fingerprint density at radius 3 is 2.59 bits per heavy atom. The lowest BCUT2D eigenvalue weighted by molar-refractivity contribution is -0.128. The van der Waals surface area contributed by atoms with Crippen molar-refractivity contribution in [1.29, 1.82) is 0 Å². The molecule has 144 valence electrons. The zero-order valence-electron chi connectivity index (χ0n) is 15.8.